The maximum atomic E-state index is 12.5. The topological polar surface area (TPSA) is 95.5 Å². The lowest BCUT2D eigenvalue weighted by atomic mass is 10.1. The third kappa shape index (κ3) is 5.77. The van der Waals surface area contributed by atoms with E-state index in [0.29, 0.717) is 16.1 Å². The molecule has 6 nitrogen and oxygen atoms in total. The van der Waals surface area contributed by atoms with Gasteiger partial charge >= 0.3 is 5.97 Å². The van der Waals surface area contributed by atoms with Crippen LogP contribution in [0.15, 0.2) is 58.4 Å². The Morgan fingerprint density at radius 2 is 1.53 bits per heavy atom. The van der Waals surface area contributed by atoms with E-state index in [2.05, 4.69) is 26.6 Å². The van der Waals surface area contributed by atoms with Crippen LogP contribution >= 0.6 is 27.3 Å². The number of carboxylic acids is 1. The zero-order valence-corrected chi connectivity index (χ0v) is 19.1. The lowest BCUT2D eigenvalue weighted by Gasteiger charge is -2.07. The number of carbonyl (C=O) groups is 3. The molecule has 0 spiro atoms. The summed E-state index contributed by atoms with van der Waals surface area (Å²) in [5, 5.41) is 16.6. The number of benzene rings is 2. The number of nitrogens with one attached hydrogen (secondary N) is 2. The van der Waals surface area contributed by atoms with Gasteiger partial charge in [-0.3, -0.25) is 9.59 Å². The largest absolute Gasteiger partial charge is 0.478 e. The minimum Gasteiger partial charge on any atom is -0.478 e. The van der Waals surface area contributed by atoms with Gasteiger partial charge in [-0.25, -0.2) is 4.79 Å². The Kier molecular flexibility index (Phi) is 8.32. The Morgan fingerprint density at radius 3 is 2.07 bits per heavy atom. The number of hydrogen-bond acceptors (Lipinski definition) is 4. The van der Waals surface area contributed by atoms with Crippen LogP contribution in [0.2, 0.25) is 0 Å². The Bertz CT molecular complexity index is 1040. The maximum absolute atomic E-state index is 12.5. The highest BCUT2D eigenvalue weighted by atomic mass is 79.9. The van der Waals surface area contributed by atoms with Gasteiger partial charge in [0.2, 0.25) is 5.91 Å². The second kappa shape index (κ2) is 10.7. The summed E-state index contributed by atoms with van der Waals surface area (Å²) in [6, 6.07) is 13.6. The molecule has 1 aromatic heterocycles. The molecule has 0 saturated carbocycles. The van der Waals surface area contributed by atoms with Gasteiger partial charge < -0.3 is 15.7 Å². The molecule has 0 fully saturated rings. The number of carbonyl (C=O) groups excluding carboxylic acids is 2. The molecule has 156 valence electrons. The summed E-state index contributed by atoms with van der Waals surface area (Å²) in [6.07, 6.45) is 0. The summed E-state index contributed by atoms with van der Waals surface area (Å²) in [7, 11) is 0. The smallest absolute Gasteiger partial charge is 0.339 e. The van der Waals surface area contributed by atoms with E-state index in [1.807, 2.05) is 38.1 Å². The zero-order valence-electron chi connectivity index (χ0n) is 16.7. The molecule has 0 unspecified atom stereocenters. The molecule has 0 aliphatic rings. The van der Waals surface area contributed by atoms with Gasteiger partial charge in [0.1, 0.15) is 5.56 Å². The quantitative estimate of drug-likeness (QED) is 0.403. The number of halogens is 1. The second-order valence-corrected chi connectivity index (χ2v) is 7.67. The number of carboxylic acid groups (broad SMARTS) is 1. The van der Waals surface area contributed by atoms with Crippen molar-refractivity contribution in [2.75, 3.05) is 10.6 Å². The van der Waals surface area contributed by atoms with Crippen LogP contribution in [-0.2, 0) is 4.79 Å². The third-order valence-corrected chi connectivity index (χ3v) is 5.38. The van der Waals surface area contributed by atoms with Crippen LogP contribution in [0, 0.1) is 0 Å². The van der Waals surface area contributed by atoms with Crippen LogP contribution in [-0.4, -0.2) is 22.9 Å². The minimum absolute atomic E-state index is 0.0514. The fraction of sp³-hybridized carbons (Fsp3) is 0.136. The van der Waals surface area contributed by atoms with Crippen LogP contribution < -0.4 is 10.6 Å². The molecule has 8 heteroatoms. The maximum Gasteiger partial charge on any atom is 0.339 e. The van der Waals surface area contributed by atoms with Crippen molar-refractivity contribution in [3.05, 3.63) is 69.5 Å². The van der Waals surface area contributed by atoms with Gasteiger partial charge in [-0.05, 0) is 42.0 Å². The third-order valence-electron chi connectivity index (χ3n) is 3.83. The summed E-state index contributed by atoms with van der Waals surface area (Å²) < 4.78 is 0.890. The van der Waals surface area contributed by atoms with E-state index in [9.17, 15) is 19.5 Å². The molecule has 0 aliphatic carbocycles. The Labute approximate surface area is 187 Å². The van der Waals surface area contributed by atoms with Gasteiger partial charge in [0, 0.05) is 28.0 Å². The number of rotatable bonds is 5. The first-order valence-corrected chi connectivity index (χ1v) is 10.8. The van der Waals surface area contributed by atoms with Crippen LogP contribution in [0.5, 0.6) is 0 Å². The fourth-order valence-corrected chi connectivity index (χ4v) is 3.84. The van der Waals surface area contributed by atoms with Crippen molar-refractivity contribution >= 4 is 56.4 Å². The molecular formula is C22H21BrN2O4S. The van der Waals surface area contributed by atoms with E-state index in [-0.39, 0.29) is 17.2 Å². The van der Waals surface area contributed by atoms with Crippen LogP contribution in [0.1, 0.15) is 41.5 Å². The Balaban J connectivity index is 0.00000155. The number of anilines is 2. The van der Waals surface area contributed by atoms with E-state index in [1.165, 1.54) is 18.3 Å². The summed E-state index contributed by atoms with van der Waals surface area (Å²) >= 11 is 4.61. The van der Waals surface area contributed by atoms with Crippen LogP contribution in [0.4, 0.5) is 11.4 Å². The predicted molar refractivity (Wildman–Crippen MR) is 124 cm³/mol. The lowest BCUT2D eigenvalue weighted by Crippen LogP contribution is -2.14. The number of hydrogen-bond donors (Lipinski definition) is 3. The van der Waals surface area contributed by atoms with Gasteiger partial charge in [0.05, 0.1) is 10.6 Å². The van der Waals surface area contributed by atoms with Gasteiger partial charge in [-0.1, -0.05) is 41.9 Å². The van der Waals surface area contributed by atoms with E-state index < -0.39 is 11.9 Å². The predicted octanol–water partition coefficient (Wildman–Crippen LogP) is 6.11. The molecule has 3 N–H and O–H groups in total. The summed E-state index contributed by atoms with van der Waals surface area (Å²) in [6.45, 7) is 5.40. The molecule has 0 atom stereocenters. The first-order valence-electron chi connectivity index (χ1n) is 9.15. The summed E-state index contributed by atoms with van der Waals surface area (Å²) in [4.78, 5) is 36.0. The molecule has 3 rings (SSSR count). The molecule has 3 aromatic rings. The van der Waals surface area contributed by atoms with Crippen molar-refractivity contribution in [3.63, 3.8) is 0 Å². The summed E-state index contributed by atoms with van der Waals surface area (Å²) in [5.41, 5.74) is 1.97. The van der Waals surface area contributed by atoms with E-state index in [0.717, 1.165) is 10.0 Å². The van der Waals surface area contributed by atoms with Crippen molar-refractivity contribution in [2.24, 2.45) is 0 Å². The monoisotopic (exact) mass is 488 g/mol. The van der Waals surface area contributed by atoms with Crippen molar-refractivity contribution in [2.45, 2.75) is 20.8 Å². The van der Waals surface area contributed by atoms with Crippen molar-refractivity contribution < 1.29 is 19.5 Å². The molecule has 2 aromatic carbocycles. The average molecular weight is 489 g/mol. The molecule has 2 amide bonds. The van der Waals surface area contributed by atoms with E-state index in [4.69, 9.17) is 0 Å². The van der Waals surface area contributed by atoms with Crippen molar-refractivity contribution in [1.82, 2.24) is 0 Å². The van der Waals surface area contributed by atoms with Crippen LogP contribution in [0.3, 0.4) is 0 Å². The van der Waals surface area contributed by atoms with Gasteiger partial charge in [0.25, 0.3) is 5.91 Å². The normalized spacial score (nSPS) is 9.87. The van der Waals surface area contributed by atoms with Gasteiger partial charge in [-0.2, -0.15) is 0 Å². The van der Waals surface area contributed by atoms with Gasteiger partial charge in [0.15, 0.2) is 0 Å². The molecule has 0 saturated heterocycles. The molecule has 0 bridgehead atoms. The van der Waals surface area contributed by atoms with Crippen molar-refractivity contribution in [1.29, 1.82) is 0 Å². The summed E-state index contributed by atoms with van der Waals surface area (Å²) in [5.74, 6) is -1.76. The SMILES string of the molecule is CC.CC(=O)Nc1ccc(C(=O)Nc2csc(-c3ccc(Br)cc3)c2C(=O)O)cc1. The minimum atomic E-state index is -1.12. The van der Waals surface area contributed by atoms with E-state index >= 15 is 0 Å². The highest BCUT2D eigenvalue weighted by Gasteiger charge is 2.21. The standard InChI is InChI=1S/C20H15BrN2O4S.C2H6/c1-11(24)22-15-8-4-13(5-9-15)19(25)23-16-10-28-18(17(16)20(26)27)12-2-6-14(21)7-3-12;1-2/h2-10H,1H3,(H,22,24)(H,23,25)(H,26,27);1-2H3. The van der Waals surface area contributed by atoms with E-state index in [1.54, 1.807) is 29.6 Å². The Hall–Kier alpha value is -2.97. The molecule has 30 heavy (non-hydrogen) atoms. The highest BCUT2D eigenvalue weighted by Crippen LogP contribution is 2.36. The zero-order chi connectivity index (χ0) is 22.3. The fourth-order valence-electron chi connectivity index (χ4n) is 2.58. The van der Waals surface area contributed by atoms with Crippen molar-refractivity contribution in [3.8, 4) is 10.4 Å². The first-order chi connectivity index (χ1) is 14.3. The average Bonchev–Trinajstić information content (AvgIpc) is 3.14. The number of aromatic carboxylic acids is 1. The number of amides is 2. The molecular weight excluding hydrogens is 468 g/mol. The lowest BCUT2D eigenvalue weighted by molar-refractivity contribution is -0.114. The Morgan fingerprint density at radius 1 is 0.933 bits per heavy atom. The molecule has 0 radical (unpaired) electrons. The molecule has 0 aliphatic heterocycles. The highest BCUT2D eigenvalue weighted by molar-refractivity contribution is 9.10. The first kappa shape index (κ1) is 23.3. The van der Waals surface area contributed by atoms with Crippen LogP contribution in [0.25, 0.3) is 10.4 Å². The second-order valence-electron chi connectivity index (χ2n) is 5.88. The number of thiophene rings is 1. The molecule has 1 heterocycles. The van der Waals surface area contributed by atoms with Gasteiger partial charge in [-0.15, -0.1) is 11.3 Å².